The van der Waals surface area contributed by atoms with Gasteiger partial charge in [-0.15, -0.1) is 0 Å². The van der Waals surface area contributed by atoms with Crippen LogP contribution in [-0.4, -0.2) is 17.6 Å². The van der Waals surface area contributed by atoms with Crippen LogP contribution >= 0.6 is 0 Å². The lowest BCUT2D eigenvalue weighted by Crippen LogP contribution is -2.33. The minimum atomic E-state index is -0.148. The molecule has 1 aliphatic rings. The Hall–Kier alpha value is -1.86. The SMILES string of the molecule is N#Cc1ccccc1NC(=O)C1CCCCC1CO. The average molecular weight is 258 g/mol. The summed E-state index contributed by atoms with van der Waals surface area (Å²) in [5.74, 6) is -0.185. The van der Waals surface area contributed by atoms with Gasteiger partial charge in [-0.1, -0.05) is 25.0 Å². The van der Waals surface area contributed by atoms with E-state index in [0.29, 0.717) is 11.3 Å². The number of benzene rings is 1. The molecule has 2 rings (SSSR count). The predicted molar refractivity (Wildman–Crippen MR) is 72.3 cm³/mol. The van der Waals surface area contributed by atoms with Gasteiger partial charge in [0.1, 0.15) is 6.07 Å². The largest absolute Gasteiger partial charge is 0.396 e. The van der Waals surface area contributed by atoms with Crippen molar-refractivity contribution in [2.24, 2.45) is 11.8 Å². The van der Waals surface area contributed by atoms with Crippen LogP contribution < -0.4 is 5.32 Å². The summed E-state index contributed by atoms with van der Waals surface area (Å²) in [5.41, 5.74) is 1.02. The molecule has 4 heteroatoms. The van der Waals surface area contributed by atoms with E-state index in [-0.39, 0.29) is 24.3 Å². The molecule has 0 spiro atoms. The Labute approximate surface area is 113 Å². The first kappa shape index (κ1) is 13.6. The van der Waals surface area contributed by atoms with E-state index in [0.717, 1.165) is 25.7 Å². The van der Waals surface area contributed by atoms with Gasteiger partial charge in [-0.25, -0.2) is 0 Å². The number of hydrogen-bond donors (Lipinski definition) is 2. The highest BCUT2D eigenvalue weighted by Gasteiger charge is 2.30. The Morgan fingerprint density at radius 3 is 2.84 bits per heavy atom. The van der Waals surface area contributed by atoms with Gasteiger partial charge in [-0.05, 0) is 30.9 Å². The predicted octanol–water partition coefficient (Wildman–Crippen LogP) is 2.30. The van der Waals surface area contributed by atoms with Crippen molar-refractivity contribution in [2.45, 2.75) is 25.7 Å². The molecule has 0 aromatic heterocycles. The van der Waals surface area contributed by atoms with Crippen LogP contribution in [0.3, 0.4) is 0 Å². The summed E-state index contributed by atoms with van der Waals surface area (Å²) in [6.45, 7) is 0.0536. The highest BCUT2D eigenvalue weighted by Crippen LogP contribution is 2.31. The molecule has 0 bridgehead atoms. The van der Waals surface area contributed by atoms with Crippen molar-refractivity contribution in [3.63, 3.8) is 0 Å². The van der Waals surface area contributed by atoms with Gasteiger partial charge in [-0.2, -0.15) is 5.26 Å². The van der Waals surface area contributed by atoms with E-state index in [4.69, 9.17) is 5.26 Å². The molecule has 0 heterocycles. The number of hydrogen-bond acceptors (Lipinski definition) is 3. The number of amides is 1. The summed E-state index contributed by atoms with van der Waals surface area (Å²) in [4.78, 5) is 12.3. The molecule has 2 unspecified atom stereocenters. The first-order chi connectivity index (χ1) is 9.26. The molecule has 1 saturated carbocycles. The Morgan fingerprint density at radius 2 is 2.11 bits per heavy atom. The molecular weight excluding hydrogens is 240 g/mol. The van der Waals surface area contributed by atoms with E-state index in [1.165, 1.54) is 0 Å². The van der Waals surface area contributed by atoms with Crippen molar-refractivity contribution < 1.29 is 9.90 Å². The zero-order valence-electron chi connectivity index (χ0n) is 10.8. The molecular formula is C15H18N2O2. The van der Waals surface area contributed by atoms with Crippen LogP contribution in [0.2, 0.25) is 0 Å². The molecule has 1 aliphatic carbocycles. The fraction of sp³-hybridized carbons (Fsp3) is 0.467. The normalized spacial score (nSPS) is 22.5. The number of anilines is 1. The van der Waals surface area contributed by atoms with Gasteiger partial charge >= 0.3 is 0 Å². The van der Waals surface area contributed by atoms with Crippen LogP contribution in [0.5, 0.6) is 0 Å². The summed E-state index contributed by atoms with van der Waals surface area (Å²) >= 11 is 0. The lowest BCUT2D eigenvalue weighted by molar-refractivity contribution is -0.123. The summed E-state index contributed by atoms with van der Waals surface area (Å²) in [6, 6.07) is 9.04. The van der Waals surface area contributed by atoms with Gasteiger partial charge in [-0.3, -0.25) is 4.79 Å². The zero-order valence-corrected chi connectivity index (χ0v) is 10.8. The molecule has 1 fully saturated rings. The topological polar surface area (TPSA) is 73.1 Å². The maximum Gasteiger partial charge on any atom is 0.227 e. The number of carbonyl (C=O) groups is 1. The third-order valence-electron chi connectivity index (χ3n) is 3.79. The number of nitriles is 1. The highest BCUT2D eigenvalue weighted by molar-refractivity contribution is 5.94. The lowest BCUT2D eigenvalue weighted by atomic mass is 9.79. The number of rotatable bonds is 3. The monoisotopic (exact) mass is 258 g/mol. The Bertz CT molecular complexity index is 493. The van der Waals surface area contributed by atoms with E-state index in [1.807, 2.05) is 0 Å². The summed E-state index contributed by atoms with van der Waals surface area (Å²) in [6.07, 6.45) is 3.80. The third kappa shape index (κ3) is 3.12. The fourth-order valence-electron chi connectivity index (χ4n) is 2.69. The number of aliphatic hydroxyl groups is 1. The quantitative estimate of drug-likeness (QED) is 0.873. The second-order valence-electron chi connectivity index (χ2n) is 4.98. The Kier molecular flexibility index (Phi) is 4.53. The average Bonchev–Trinajstić information content (AvgIpc) is 2.47. The Morgan fingerprint density at radius 1 is 1.37 bits per heavy atom. The smallest absolute Gasteiger partial charge is 0.227 e. The van der Waals surface area contributed by atoms with Crippen LogP contribution in [0.15, 0.2) is 24.3 Å². The first-order valence-electron chi connectivity index (χ1n) is 6.67. The van der Waals surface area contributed by atoms with Crippen molar-refractivity contribution in [3.05, 3.63) is 29.8 Å². The minimum Gasteiger partial charge on any atom is -0.396 e. The van der Waals surface area contributed by atoms with Gasteiger partial charge in [0.05, 0.1) is 11.3 Å². The number of nitrogens with one attached hydrogen (secondary N) is 1. The Balaban J connectivity index is 2.10. The molecule has 1 amide bonds. The van der Waals surface area contributed by atoms with Crippen molar-refractivity contribution in [1.82, 2.24) is 0 Å². The molecule has 1 aromatic carbocycles. The van der Waals surface area contributed by atoms with E-state index in [2.05, 4.69) is 11.4 Å². The number of para-hydroxylation sites is 1. The van der Waals surface area contributed by atoms with Crippen molar-refractivity contribution in [3.8, 4) is 6.07 Å². The maximum atomic E-state index is 12.3. The van der Waals surface area contributed by atoms with E-state index in [1.54, 1.807) is 24.3 Å². The highest BCUT2D eigenvalue weighted by atomic mass is 16.3. The first-order valence-corrected chi connectivity index (χ1v) is 6.67. The van der Waals surface area contributed by atoms with Crippen LogP contribution in [0, 0.1) is 23.2 Å². The minimum absolute atomic E-state index is 0.0444. The molecule has 2 N–H and O–H groups in total. The standard InChI is InChI=1S/C15H18N2O2/c16-9-11-5-2-4-8-14(11)17-15(19)13-7-3-1-6-12(13)10-18/h2,4-5,8,12-13,18H,1,3,6-7,10H2,(H,17,19). The van der Waals surface area contributed by atoms with Gasteiger partial charge in [0.25, 0.3) is 0 Å². The van der Waals surface area contributed by atoms with E-state index < -0.39 is 0 Å². The van der Waals surface area contributed by atoms with Crippen LogP contribution in [0.1, 0.15) is 31.2 Å². The number of carbonyl (C=O) groups excluding carboxylic acids is 1. The van der Waals surface area contributed by atoms with Crippen LogP contribution in [0.4, 0.5) is 5.69 Å². The summed E-state index contributed by atoms with van der Waals surface area (Å²) in [7, 11) is 0. The van der Waals surface area contributed by atoms with Gasteiger partial charge in [0.2, 0.25) is 5.91 Å². The second-order valence-corrected chi connectivity index (χ2v) is 4.98. The summed E-state index contributed by atoms with van der Waals surface area (Å²) in [5, 5.41) is 21.2. The third-order valence-corrected chi connectivity index (χ3v) is 3.79. The van der Waals surface area contributed by atoms with Gasteiger partial charge < -0.3 is 10.4 Å². The lowest BCUT2D eigenvalue weighted by Gasteiger charge is -2.29. The van der Waals surface area contributed by atoms with Crippen molar-refractivity contribution in [1.29, 1.82) is 5.26 Å². The second kappa shape index (κ2) is 6.35. The number of nitrogens with zero attached hydrogens (tertiary/aromatic N) is 1. The fourth-order valence-corrected chi connectivity index (χ4v) is 2.69. The maximum absolute atomic E-state index is 12.3. The van der Waals surface area contributed by atoms with Crippen molar-refractivity contribution >= 4 is 11.6 Å². The van der Waals surface area contributed by atoms with E-state index in [9.17, 15) is 9.90 Å². The molecule has 0 radical (unpaired) electrons. The molecule has 0 saturated heterocycles. The van der Waals surface area contributed by atoms with Crippen LogP contribution in [0.25, 0.3) is 0 Å². The molecule has 0 aliphatic heterocycles. The molecule has 100 valence electrons. The molecule has 2 atom stereocenters. The summed E-state index contributed by atoms with van der Waals surface area (Å²) < 4.78 is 0. The van der Waals surface area contributed by atoms with Crippen LogP contribution in [-0.2, 0) is 4.79 Å². The molecule has 19 heavy (non-hydrogen) atoms. The van der Waals surface area contributed by atoms with E-state index >= 15 is 0 Å². The van der Waals surface area contributed by atoms with Gasteiger partial charge in [0.15, 0.2) is 0 Å². The zero-order chi connectivity index (χ0) is 13.7. The molecule has 4 nitrogen and oxygen atoms in total. The van der Waals surface area contributed by atoms with Gasteiger partial charge in [0, 0.05) is 12.5 Å². The molecule has 1 aromatic rings. The van der Waals surface area contributed by atoms with Crippen molar-refractivity contribution in [2.75, 3.05) is 11.9 Å². The number of aliphatic hydroxyl groups excluding tert-OH is 1.